The van der Waals surface area contributed by atoms with Crippen LogP contribution in [0.15, 0.2) is 29.2 Å². The largest absolute Gasteiger partial charge is 0.339 e. The smallest absolute Gasteiger partial charge is 0.253 e. The summed E-state index contributed by atoms with van der Waals surface area (Å²) in [5.74, 6) is -0.0844. The van der Waals surface area contributed by atoms with Crippen LogP contribution in [-0.4, -0.2) is 38.4 Å². The summed E-state index contributed by atoms with van der Waals surface area (Å²) in [4.78, 5) is 14.0. The highest BCUT2D eigenvalue weighted by Gasteiger charge is 2.18. The van der Waals surface area contributed by atoms with Crippen LogP contribution in [0.2, 0.25) is 0 Å². The van der Waals surface area contributed by atoms with E-state index < -0.39 is 10.0 Å². The van der Waals surface area contributed by atoms with Crippen molar-refractivity contribution >= 4 is 15.9 Å². The van der Waals surface area contributed by atoms with Gasteiger partial charge in [0.15, 0.2) is 0 Å². The first-order valence-electron chi connectivity index (χ1n) is 7.27. The first-order chi connectivity index (χ1) is 9.85. The summed E-state index contributed by atoms with van der Waals surface area (Å²) < 4.78 is 26.8. The predicted octanol–water partition coefficient (Wildman–Crippen LogP) is 2.25. The molecule has 0 aliphatic carbocycles. The molecule has 0 fully saturated rings. The molecule has 1 N–H and O–H groups in total. The average molecular weight is 312 g/mol. The maximum atomic E-state index is 12.2. The van der Waals surface area contributed by atoms with Gasteiger partial charge >= 0.3 is 0 Å². The molecule has 1 aromatic carbocycles. The third-order valence-corrected chi connectivity index (χ3v) is 5.04. The molecule has 21 heavy (non-hydrogen) atoms. The second-order valence-electron chi connectivity index (χ2n) is 4.93. The number of rotatable bonds is 7. The van der Waals surface area contributed by atoms with Crippen molar-refractivity contribution in [1.82, 2.24) is 9.62 Å². The van der Waals surface area contributed by atoms with Gasteiger partial charge in [-0.05, 0) is 51.5 Å². The van der Waals surface area contributed by atoms with Crippen LogP contribution in [-0.2, 0) is 10.0 Å². The van der Waals surface area contributed by atoms with E-state index in [4.69, 9.17) is 0 Å². The summed E-state index contributed by atoms with van der Waals surface area (Å²) in [6.45, 7) is 8.82. The zero-order chi connectivity index (χ0) is 16.0. The van der Waals surface area contributed by atoms with Crippen LogP contribution >= 0.6 is 0 Å². The fourth-order valence-corrected chi connectivity index (χ4v) is 3.21. The van der Waals surface area contributed by atoms with E-state index in [0.29, 0.717) is 18.7 Å². The number of hydrogen-bond acceptors (Lipinski definition) is 3. The van der Waals surface area contributed by atoms with Crippen LogP contribution < -0.4 is 4.72 Å². The first-order valence-corrected chi connectivity index (χ1v) is 8.75. The van der Waals surface area contributed by atoms with E-state index in [1.165, 1.54) is 12.1 Å². The average Bonchev–Trinajstić information content (AvgIpc) is 2.48. The molecule has 0 saturated carbocycles. The molecule has 0 aliphatic heterocycles. The minimum absolute atomic E-state index is 0.0844. The van der Waals surface area contributed by atoms with Crippen LogP contribution in [0.4, 0.5) is 0 Å². The number of nitrogens with zero attached hydrogens (tertiary/aromatic N) is 1. The van der Waals surface area contributed by atoms with Gasteiger partial charge in [-0.15, -0.1) is 0 Å². The monoisotopic (exact) mass is 312 g/mol. The SMILES string of the molecule is CCC(C)NS(=O)(=O)c1ccc(C(=O)N(CC)CC)cc1. The van der Waals surface area contributed by atoms with E-state index in [2.05, 4.69) is 4.72 Å². The van der Waals surface area contributed by atoms with Crippen LogP contribution in [0, 0.1) is 0 Å². The van der Waals surface area contributed by atoms with Gasteiger partial charge in [0.25, 0.3) is 5.91 Å². The van der Waals surface area contributed by atoms with Crippen molar-refractivity contribution in [3.05, 3.63) is 29.8 Å². The quantitative estimate of drug-likeness (QED) is 0.839. The lowest BCUT2D eigenvalue weighted by molar-refractivity contribution is 0.0773. The van der Waals surface area contributed by atoms with Gasteiger partial charge in [-0.3, -0.25) is 4.79 Å². The van der Waals surface area contributed by atoms with Crippen molar-refractivity contribution in [3.8, 4) is 0 Å². The summed E-state index contributed by atoms with van der Waals surface area (Å²) in [5.41, 5.74) is 0.501. The van der Waals surface area contributed by atoms with Gasteiger partial charge in [0.2, 0.25) is 10.0 Å². The number of benzene rings is 1. The highest BCUT2D eigenvalue weighted by molar-refractivity contribution is 7.89. The van der Waals surface area contributed by atoms with Gasteiger partial charge in [0, 0.05) is 24.7 Å². The first kappa shape index (κ1) is 17.7. The van der Waals surface area contributed by atoms with Crippen LogP contribution in [0.25, 0.3) is 0 Å². The second kappa shape index (κ2) is 7.56. The van der Waals surface area contributed by atoms with Crippen molar-refractivity contribution in [2.45, 2.75) is 45.1 Å². The lowest BCUT2D eigenvalue weighted by Gasteiger charge is -2.18. The normalized spacial score (nSPS) is 13.0. The Morgan fingerprint density at radius 2 is 1.67 bits per heavy atom. The number of carbonyl (C=O) groups is 1. The van der Waals surface area contributed by atoms with Gasteiger partial charge in [-0.25, -0.2) is 13.1 Å². The van der Waals surface area contributed by atoms with E-state index in [0.717, 1.165) is 6.42 Å². The molecular formula is C15H24N2O3S. The minimum Gasteiger partial charge on any atom is -0.339 e. The topological polar surface area (TPSA) is 66.5 Å². The molecule has 5 nitrogen and oxygen atoms in total. The molecule has 0 radical (unpaired) electrons. The van der Waals surface area contributed by atoms with Gasteiger partial charge in [0.05, 0.1) is 4.90 Å². The highest BCUT2D eigenvalue weighted by Crippen LogP contribution is 2.13. The van der Waals surface area contributed by atoms with Crippen molar-refractivity contribution in [3.63, 3.8) is 0 Å². The molecule has 1 aromatic rings. The van der Waals surface area contributed by atoms with Crippen molar-refractivity contribution in [2.24, 2.45) is 0 Å². The molecule has 1 unspecified atom stereocenters. The van der Waals surface area contributed by atoms with E-state index in [-0.39, 0.29) is 16.8 Å². The molecule has 118 valence electrons. The molecule has 0 heterocycles. The Hall–Kier alpha value is -1.40. The Labute approximate surface area is 127 Å². The summed E-state index contributed by atoms with van der Waals surface area (Å²) >= 11 is 0. The van der Waals surface area contributed by atoms with Crippen LogP contribution in [0.3, 0.4) is 0 Å². The molecule has 0 aromatic heterocycles. The standard InChI is InChI=1S/C15H24N2O3S/c1-5-12(4)16-21(19,20)14-10-8-13(9-11-14)15(18)17(6-2)7-3/h8-12,16H,5-7H2,1-4H3. The van der Waals surface area contributed by atoms with E-state index in [1.54, 1.807) is 17.0 Å². The number of amides is 1. The van der Waals surface area contributed by atoms with Crippen LogP contribution in [0.1, 0.15) is 44.5 Å². The second-order valence-corrected chi connectivity index (χ2v) is 6.65. The van der Waals surface area contributed by atoms with Crippen molar-refractivity contribution in [2.75, 3.05) is 13.1 Å². The van der Waals surface area contributed by atoms with Gasteiger partial charge in [0.1, 0.15) is 0 Å². The summed E-state index contributed by atoms with van der Waals surface area (Å²) in [5, 5.41) is 0. The number of hydrogen-bond donors (Lipinski definition) is 1. The Balaban J connectivity index is 2.95. The Morgan fingerprint density at radius 3 is 2.10 bits per heavy atom. The Morgan fingerprint density at radius 1 is 1.14 bits per heavy atom. The van der Waals surface area contributed by atoms with E-state index >= 15 is 0 Å². The molecule has 6 heteroatoms. The van der Waals surface area contributed by atoms with E-state index in [9.17, 15) is 13.2 Å². The summed E-state index contributed by atoms with van der Waals surface area (Å²) in [7, 11) is -3.52. The highest BCUT2D eigenvalue weighted by atomic mass is 32.2. The summed E-state index contributed by atoms with van der Waals surface area (Å²) in [6.07, 6.45) is 0.720. The lowest BCUT2D eigenvalue weighted by atomic mass is 10.2. The van der Waals surface area contributed by atoms with Crippen molar-refractivity contribution in [1.29, 1.82) is 0 Å². The van der Waals surface area contributed by atoms with Gasteiger partial charge < -0.3 is 4.90 Å². The van der Waals surface area contributed by atoms with Gasteiger partial charge in [-0.1, -0.05) is 6.92 Å². The third kappa shape index (κ3) is 4.54. The third-order valence-electron chi connectivity index (χ3n) is 3.43. The van der Waals surface area contributed by atoms with Crippen molar-refractivity contribution < 1.29 is 13.2 Å². The number of carbonyl (C=O) groups excluding carboxylic acids is 1. The molecule has 1 atom stereocenters. The fraction of sp³-hybridized carbons (Fsp3) is 0.533. The number of sulfonamides is 1. The minimum atomic E-state index is -3.52. The summed E-state index contributed by atoms with van der Waals surface area (Å²) in [6, 6.07) is 5.95. The predicted molar refractivity (Wildman–Crippen MR) is 83.8 cm³/mol. The van der Waals surface area contributed by atoms with Crippen LogP contribution in [0.5, 0.6) is 0 Å². The molecular weight excluding hydrogens is 288 g/mol. The fourth-order valence-electron chi connectivity index (χ4n) is 1.89. The maximum absolute atomic E-state index is 12.2. The molecule has 0 bridgehead atoms. The molecule has 1 amide bonds. The zero-order valence-corrected chi connectivity index (χ0v) is 13.9. The Bertz CT molecular complexity index is 563. The molecule has 0 spiro atoms. The van der Waals surface area contributed by atoms with Gasteiger partial charge in [-0.2, -0.15) is 0 Å². The maximum Gasteiger partial charge on any atom is 0.253 e. The lowest BCUT2D eigenvalue weighted by Crippen LogP contribution is -2.32. The van der Waals surface area contributed by atoms with E-state index in [1.807, 2.05) is 27.7 Å². The molecule has 1 rings (SSSR count). The molecule has 0 aliphatic rings. The molecule has 0 saturated heterocycles. The zero-order valence-electron chi connectivity index (χ0n) is 13.1. The Kier molecular flexibility index (Phi) is 6.36. The number of nitrogens with one attached hydrogen (secondary N) is 1.